The van der Waals surface area contributed by atoms with Crippen LogP contribution in [-0.4, -0.2) is 28.6 Å². The molecule has 0 saturated heterocycles. The monoisotopic (exact) mass is 216 g/mol. The molecule has 0 aliphatic heterocycles. The number of ether oxygens (including phenoxy) is 1. The minimum Gasteiger partial charge on any atom is -0.460 e. The van der Waals surface area contributed by atoms with Crippen LogP contribution < -0.4 is 0 Å². The summed E-state index contributed by atoms with van der Waals surface area (Å²) in [5.41, 5.74) is -0.578. The van der Waals surface area contributed by atoms with Crippen molar-refractivity contribution in [2.24, 2.45) is 5.92 Å². The van der Waals surface area contributed by atoms with Gasteiger partial charge in [-0.3, -0.25) is 9.59 Å². The Balaban J connectivity index is 4.14. The molecule has 4 heteroatoms. The molecule has 0 saturated carbocycles. The number of carbonyl (C=O) groups excluding carboxylic acids is 2. The van der Waals surface area contributed by atoms with Crippen molar-refractivity contribution in [1.82, 2.24) is 0 Å². The van der Waals surface area contributed by atoms with E-state index in [1.807, 2.05) is 0 Å². The topological polar surface area (TPSA) is 63.6 Å². The number of carbonyl (C=O) groups is 2. The van der Waals surface area contributed by atoms with Crippen molar-refractivity contribution in [3.8, 4) is 0 Å². The Labute approximate surface area is 90.6 Å². The molecule has 15 heavy (non-hydrogen) atoms. The molecule has 0 aromatic rings. The van der Waals surface area contributed by atoms with Gasteiger partial charge in [-0.2, -0.15) is 0 Å². The summed E-state index contributed by atoms with van der Waals surface area (Å²) in [6, 6.07) is 0. The standard InChI is InChI=1S/C11H20O4/c1-7(8(2)12)9(13)6-10(14)15-11(3,4)5/h7-8,12H,6H2,1-5H3. The van der Waals surface area contributed by atoms with Gasteiger partial charge in [0.2, 0.25) is 0 Å². The van der Waals surface area contributed by atoms with E-state index in [9.17, 15) is 9.59 Å². The third kappa shape index (κ3) is 6.23. The number of aliphatic hydroxyl groups is 1. The van der Waals surface area contributed by atoms with E-state index in [0.29, 0.717) is 0 Å². The van der Waals surface area contributed by atoms with Crippen LogP contribution in [0.1, 0.15) is 41.0 Å². The van der Waals surface area contributed by atoms with Crippen molar-refractivity contribution in [1.29, 1.82) is 0 Å². The van der Waals surface area contributed by atoms with Crippen molar-refractivity contribution >= 4 is 11.8 Å². The maximum Gasteiger partial charge on any atom is 0.313 e. The van der Waals surface area contributed by atoms with E-state index in [2.05, 4.69) is 0 Å². The molecule has 4 nitrogen and oxygen atoms in total. The molecule has 0 aromatic carbocycles. The number of rotatable bonds is 4. The molecule has 0 fully saturated rings. The van der Waals surface area contributed by atoms with E-state index < -0.39 is 23.6 Å². The second-order valence-electron chi connectivity index (χ2n) is 4.76. The molecule has 0 heterocycles. The normalized spacial score (nSPS) is 15.6. The van der Waals surface area contributed by atoms with Crippen LogP contribution in [0.3, 0.4) is 0 Å². The third-order valence-corrected chi connectivity index (χ3v) is 1.97. The maximum atomic E-state index is 11.4. The summed E-state index contributed by atoms with van der Waals surface area (Å²) >= 11 is 0. The average Bonchev–Trinajstić information content (AvgIpc) is 1.98. The van der Waals surface area contributed by atoms with Crippen molar-refractivity contribution < 1.29 is 19.4 Å². The van der Waals surface area contributed by atoms with Gasteiger partial charge in [0.15, 0.2) is 0 Å². The summed E-state index contributed by atoms with van der Waals surface area (Å²) in [6.45, 7) is 8.35. The molecular weight excluding hydrogens is 196 g/mol. The van der Waals surface area contributed by atoms with Crippen LogP contribution in [0.5, 0.6) is 0 Å². The molecule has 1 N–H and O–H groups in total. The van der Waals surface area contributed by atoms with E-state index in [-0.39, 0.29) is 12.2 Å². The van der Waals surface area contributed by atoms with Gasteiger partial charge >= 0.3 is 5.97 Å². The minimum absolute atomic E-state index is 0.274. The first kappa shape index (κ1) is 14.1. The molecule has 0 radical (unpaired) electrons. The average molecular weight is 216 g/mol. The zero-order valence-electron chi connectivity index (χ0n) is 10.0. The van der Waals surface area contributed by atoms with E-state index in [1.165, 1.54) is 6.92 Å². The van der Waals surface area contributed by atoms with Crippen molar-refractivity contribution in [2.75, 3.05) is 0 Å². The molecule has 0 aliphatic rings. The van der Waals surface area contributed by atoms with Crippen molar-refractivity contribution in [3.63, 3.8) is 0 Å². The van der Waals surface area contributed by atoms with Gasteiger partial charge in [0, 0.05) is 5.92 Å². The largest absolute Gasteiger partial charge is 0.460 e. The zero-order chi connectivity index (χ0) is 12.2. The zero-order valence-corrected chi connectivity index (χ0v) is 10.0. The van der Waals surface area contributed by atoms with Crippen LogP contribution >= 0.6 is 0 Å². The first-order valence-corrected chi connectivity index (χ1v) is 5.06. The first-order chi connectivity index (χ1) is 6.63. The highest BCUT2D eigenvalue weighted by Crippen LogP contribution is 2.11. The van der Waals surface area contributed by atoms with Crippen LogP contribution in [0, 0.1) is 5.92 Å². The van der Waals surface area contributed by atoms with Crippen LogP contribution in [0.4, 0.5) is 0 Å². The number of ketones is 1. The Morgan fingerprint density at radius 3 is 2.07 bits per heavy atom. The molecule has 0 spiro atoms. The molecule has 0 rings (SSSR count). The summed E-state index contributed by atoms with van der Waals surface area (Å²) in [7, 11) is 0. The summed E-state index contributed by atoms with van der Waals surface area (Å²) in [4.78, 5) is 22.7. The van der Waals surface area contributed by atoms with E-state index in [0.717, 1.165) is 0 Å². The molecule has 0 aliphatic carbocycles. The highest BCUT2D eigenvalue weighted by molar-refractivity contribution is 5.96. The van der Waals surface area contributed by atoms with E-state index in [4.69, 9.17) is 9.84 Å². The van der Waals surface area contributed by atoms with Crippen LogP contribution in [0.15, 0.2) is 0 Å². The number of hydrogen-bond donors (Lipinski definition) is 1. The fourth-order valence-electron chi connectivity index (χ4n) is 0.950. The SMILES string of the molecule is CC(O)C(C)C(=O)CC(=O)OC(C)(C)C. The van der Waals surface area contributed by atoms with Gasteiger partial charge < -0.3 is 9.84 Å². The quantitative estimate of drug-likeness (QED) is 0.568. The second-order valence-corrected chi connectivity index (χ2v) is 4.76. The van der Waals surface area contributed by atoms with Gasteiger partial charge in [0.05, 0.1) is 6.10 Å². The lowest BCUT2D eigenvalue weighted by Gasteiger charge is -2.20. The molecule has 2 atom stereocenters. The van der Waals surface area contributed by atoms with E-state index >= 15 is 0 Å². The Kier molecular flexibility index (Phi) is 4.94. The second kappa shape index (κ2) is 5.26. The maximum absolute atomic E-state index is 11.4. The highest BCUT2D eigenvalue weighted by Gasteiger charge is 2.24. The van der Waals surface area contributed by atoms with Gasteiger partial charge in [0.1, 0.15) is 17.8 Å². The minimum atomic E-state index is -0.736. The van der Waals surface area contributed by atoms with Gasteiger partial charge in [0.25, 0.3) is 0 Å². The van der Waals surface area contributed by atoms with Gasteiger partial charge in [-0.25, -0.2) is 0 Å². The lowest BCUT2D eigenvalue weighted by molar-refractivity contribution is -0.157. The highest BCUT2D eigenvalue weighted by atomic mass is 16.6. The third-order valence-electron chi connectivity index (χ3n) is 1.97. The van der Waals surface area contributed by atoms with Crippen LogP contribution in [0.25, 0.3) is 0 Å². The molecule has 0 bridgehead atoms. The Morgan fingerprint density at radius 2 is 1.73 bits per heavy atom. The van der Waals surface area contributed by atoms with Gasteiger partial charge in [-0.15, -0.1) is 0 Å². The summed E-state index contributed by atoms with van der Waals surface area (Å²) in [6.07, 6.45) is -1.01. The fourth-order valence-corrected chi connectivity index (χ4v) is 0.950. The van der Waals surface area contributed by atoms with Gasteiger partial charge in [-0.1, -0.05) is 6.92 Å². The van der Waals surface area contributed by atoms with Crippen LogP contribution in [-0.2, 0) is 14.3 Å². The number of esters is 1. The lowest BCUT2D eigenvalue weighted by Crippen LogP contribution is -2.29. The molecule has 2 unspecified atom stereocenters. The smallest absolute Gasteiger partial charge is 0.313 e. The predicted octanol–water partition coefficient (Wildman–Crippen LogP) is 1.30. The lowest BCUT2D eigenvalue weighted by atomic mass is 9.99. The Hall–Kier alpha value is -0.900. The number of Topliss-reactive ketones (excluding diaryl/α,β-unsaturated/α-hetero) is 1. The van der Waals surface area contributed by atoms with Crippen molar-refractivity contribution in [3.05, 3.63) is 0 Å². The Bertz CT molecular complexity index is 237. The van der Waals surface area contributed by atoms with Crippen molar-refractivity contribution in [2.45, 2.75) is 52.7 Å². The van der Waals surface area contributed by atoms with Crippen LogP contribution in [0.2, 0.25) is 0 Å². The fraction of sp³-hybridized carbons (Fsp3) is 0.818. The predicted molar refractivity (Wildman–Crippen MR) is 56.3 cm³/mol. The summed E-state index contributed by atoms with van der Waals surface area (Å²) < 4.78 is 5.00. The number of hydrogen-bond acceptors (Lipinski definition) is 4. The van der Waals surface area contributed by atoms with E-state index in [1.54, 1.807) is 27.7 Å². The Morgan fingerprint density at radius 1 is 1.27 bits per heavy atom. The summed E-state index contributed by atoms with van der Waals surface area (Å²) in [5, 5.41) is 9.16. The molecule has 88 valence electrons. The molecule has 0 aromatic heterocycles. The summed E-state index contributed by atoms with van der Waals surface area (Å²) in [5.74, 6) is -1.36. The number of aliphatic hydroxyl groups excluding tert-OH is 1. The first-order valence-electron chi connectivity index (χ1n) is 5.06. The molecular formula is C11H20O4. The van der Waals surface area contributed by atoms with Gasteiger partial charge in [-0.05, 0) is 27.7 Å². The molecule has 0 amide bonds.